The van der Waals surface area contributed by atoms with Crippen molar-refractivity contribution in [1.29, 1.82) is 0 Å². The Hall–Kier alpha value is -0.620. The van der Waals surface area contributed by atoms with Gasteiger partial charge in [-0.05, 0) is 20.8 Å². The van der Waals surface area contributed by atoms with Gasteiger partial charge < -0.3 is 10.5 Å². The van der Waals surface area contributed by atoms with Crippen LogP contribution in [0.2, 0.25) is 0 Å². The maximum absolute atomic E-state index is 11.2. The van der Waals surface area contributed by atoms with Crippen LogP contribution in [0.4, 0.5) is 0 Å². The van der Waals surface area contributed by atoms with Crippen LogP contribution < -0.4 is 5.73 Å². The Morgan fingerprint density at radius 2 is 1.86 bits per heavy atom. The van der Waals surface area contributed by atoms with E-state index in [2.05, 4.69) is 0 Å². The first-order valence-corrected chi connectivity index (χ1v) is 6.23. The highest BCUT2D eigenvalue weighted by Gasteiger charge is 2.24. The minimum Gasteiger partial charge on any atom is -0.459 e. The molecule has 0 unspecified atom stereocenters. The Balaban J connectivity index is 4.29. The van der Waals surface area contributed by atoms with Crippen molar-refractivity contribution in [1.82, 2.24) is 0 Å². The van der Waals surface area contributed by atoms with Crippen LogP contribution >= 0.6 is 0 Å². The van der Waals surface area contributed by atoms with Gasteiger partial charge in [0.25, 0.3) is 0 Å². The molecule has 0 aromatic carbocycles. The third-order valence-electron chi connectivity index (χ3n) is 1.19. The molecule has 0 aromatic rings. The number of hydrogen-bond acceptors (Lipinski definition) is 5. The number of hydrogen-bond donors (Lipinski definition) is 1. The molecule has 0 aliphatic heterocycles. The van der Waals surface area contributed by atoms with E-state index in [1.807, 2.05) is 0 Å². The van der Waals surface area contributed by atoms with Crippen LogP contribution in [0.5, 0.6) is 0 Å². The molecule has 5 nitrogen and oxygen atoms in total. The molecule has 0 radical (unpaired) electrons. The van der Waals surface area contributed by atoms with Gasteiger partial charge in [0, 0.05) is 6.26 Å². The second-order valence-electron chi connectivity index (χ2n) is 4.23. The summed E-state index contributed by atoms with van der Waals surface area (Å²) < 4.78 is 26.6. The van der Waals surface area contributed by atoms with Gasteiger partial charge in [-0.25, -0.2) is 8.42 Å². The minimum absolute atomic E-state index is 0.387. The Morgan fingerprint density at radius 1 is 1.43 bits per heavy atom. The fourth-order valence-electron chi connectivity index (χ4n) is 0.772. The lowest BCUT2D eigenvalue weighted by Gasteiger charge is -2.21. The number of carbonyl (C=O) groups excluding carboxylic acids is 1. The predicted octanol–water partition coefficient (Wildman–Crippen LogP) is -0.300. The molecule has 14 heavy (non-hydrogen) atoms. The maximum Gasteiger partial charge on any atom is 0.324 e. The van der Waals surface area contributed by atoms with Crippen molar-refractivity contribution in [3.63, 3.8) is 0 Å². The fraction of sp³-hybridized carbons (Fsp3) is 0.875. The number of nitrogens with two attached hydrogens (primary N) is 1. The van der Waals surface area contributed by atoms with E-state index in [-0.39, 0.29) is 5.75 Å². The molecule has 0 saturated carbocycles. The monoisotopic (exact) mass is 223 g/mol. The lowest BCUT2D eigenvalue weighted by Crippen LogP contribution is -2.41. The average Bonchev–Trinajstić information content (AvgIpc) is 1.78. The predicted molar refractivity (Wildman–Crippen MR) is 53.5 cm³/mol. The van der Waals surface area contributed by atoms with Gasteiger partial charge in [-0.2, -0.15) is 0 Å². The number of sulfone groups is 1. The zero-order chi connectivity index (χ0) is 11.6. The van der Waals surface area contributed by atoms with Crippen molar-refractivity contribution in [3.05, 3.63) is 0 Å². The summed E-state index contributed by atoms with van der Waals surface area (Å²) in [7, 11) is -3.25. The molecule has 6 heteroatoms. The number of ether oxygens (including phenoxy) is 1. The molecule has 0 heterocycles. The normalized spacial score (nSPS) is 14.9. The zero-order valence-electron chi connectivity index (χ0n) is 8.90. The quantitative estimate of drug-likeness (QED) is 0.664. The van der Waals surface area contributed by atoms with Crippen molar-refractivity contribution in [3.8, 4) is 0 Å². The molecule has 0 aromatic heterocycles. The Labute approximate surface area is 84.5 Å². The SMILES string of the molecule is CC(C)(C)OC(=O)[C@@H](N)CS(C)(=O)=O. The van der Waals surface area contributed by atoms with Crippen LogP contribution in [0.15, 0.2) is 0 Å². The maximum atomic E-state index is 11.2. The third-order valence-corrected chi connectivity index (χ3v) is 2.16. The van der Waals surface area contributed by atoms with Gasteiger partial charge in [-0.3, -0.25) is 4.79 Å². The lowest BCUT2D eigenvalue weighted by molar-refractivity contribution is -0.155. The molecule has 0 rings (SSSR count). The lowest BCUT2D eigenvalue weighted by atomic mass is 10.2. The van der Waals surface area contributed by atoms with Crippen LogP contribution in [-0.2, 0) is 19.4 Å². The van der Waals surface area contributed by atoms with Gasteiger partial charge >= 0.3 is 5.97 Å². The fourth-order valence-corrected chi connectivity index (χ4v) is 1.56. The molecule has 1 atom stereocenters. The van der Waals surface area contributed by atoms with Crippen LogP contribution in [-0.4, -0.2) is 38.0 Å². The highest BCUT2D eigenvalue weighted by atomic mass is 32.2. The van der Waals surface area contributed by atoms with Gasteiger partial charge in [0.05, 0.1) is 5.75 Å². The average molecular weight is 223 g/mol. The molecule has 2 N–H and O–H groups in total. The zero-order valence-corrected chi connectivity index (χ0v) is 9.72. The first kappa shape index (κ1) is 13.4. The molecule has 0 fully saturated rings. The van der Waals surface area contributed by atoms with Gasteiger partial charge in [0.1, 0.15) is 21.5 Å². The molecule has 0 saturated heterocycles. The Morgan fingerprint density at radius 3 is 2.14 bits per heavy atom. The topological polar surface area (TPSA) is 86.5 Å². The van der Waals surface area contributed by atoms with Crippen molar-refractivity contribution in [2.24, 2.45) is 5.73 Å². The summed E-state index contributed by atoms with van der Waals surface area (Å²) >= 11 is 0. The summed E-state index contributed by atoms with van der Waals surface area (Å²) in [6, 6.07) is -1.11. The van der Waals surface area contributed by atoms with Crippen molar-refractivity contribution in [2.75, 3.05) is 12.0 Å². The van der Waals surface area contributed by atoms with Crippen LogP contribution in [0.25, 0.3) is 0 Å². The van der Waals surface area contributed by atoms with E-state index in [1.165, 1.54) is 0 Å². The highest BCUT2D eigenvalue weighted by molar-refractivity contribution is 7.90. The molecule has 0 bridgehead atoms. The van der Waals surface area contributed by atoms with E-state index in [0.29, 0.717) is 0 Å². The second kappa shape index (κ2) is 4.27. The molecule has 84 valence electrons. The van der Waals surface area contributed by atoms with Crippen LogP contribution in [0.3, 0.4) is 0 Å². The van der Waals surface area contributed by atoms with Crippen LogP contribution in [0.1, 0.15) is 20.8 Å². The number of esters is 1. The van der Waals surface area contributed by atoms with Gasteiger partial charge in [-0.1, -0.05) is 0 Å². The molecule has 0 aliphatic rings. The highest BCUT2D eigenvalue weighted by Crippen LogP contribution is 2.08. The van der Waals surface area contributed by atoms with E-state index in [4.69, 9.17) is 10.5 Å². The second-order valence-corrected chi connectivity index (χ2v) is 6.42. The van der Waals surface area contributed by atoms with E-state index in [1.54, 1.807) is 20.8 Å². The standard InChI is InChI=1S/C8H17NO4S/c1-8(2,3)13-7(10)6(9)5-14(4,11)12/h6H,5,9H2,1-4H3/t6-/m0/s1. The summed E-state index contributed by atoms with van der Waals surface area (Å²) in [5, 5.41) is 0. The molecular weight excluding hydrogens is 206 g/mol. The smallest absolute Gasteiger partial charge is 0.324 e. The number of rotatable bonds is 3. The molecule has 0 amide bonds. The van der Waals surface area contributed by atoms with E-state index >= 15 is 0 Å². The van der Waals surface area contributed by atoms with E-state index in [9.17, 15) is 13.2 Å². The van der Waals surface area contributed by atoms with Crippen molar-refractivity contribution >= 4 is 15.8 Å². The molecule has 0 aliphatic carbocycles. The first-order valence-electron chi connectivity index (χ1n) is 4.17. The van der Waals surface area contributed by atoms with Crippen LogP contribution in [0, 0.1) is 0 Å². The summed E-state index contributed by atoms with van der Waals surface area (Å²) in [5.74, 6) is -1.08. The summed E-state index contributed by atoms with van der Waals surface area (Å²) in [6.07, 6.45) is 1.03. The summed E-state index contributed by atoms with van der Waals surface area (Å²) in [4.78, 5) is 11.2. The number of carbonyl (C=O) groups is 1. The Kier molecular flexibility index (Phi) is 4.08. The summed E-state index contributed by atoms with van der Waals surface area (Å²) in [6.45, 7) is 5.08. The van der Waals surface area contributed by atoms with Gasteiger partial charge in [-0.15, -0.1) is 0 Å². The molecular formula is C8H17NO4S. The van der Waals surface area contributed by atoms with Crippen molar-refractivity contribution in [2.45, 2.75) is 32.4 Å². The third kappa shape index (κ3) is 6.85. The Bertz CT molecular complexity index is 302. The van der Waals surface area contributed by atoms with E-state index in [0.717, 1.165) is 6.26 Å². The first-order chi connectivity index (χ1) is 6.01. The minimum atomic E-state index is -3.25. The van der Waals surface area contributed by atoms with Gasteiger partial charge in [0.2, 0.25) is 0 Å². The molecule has 0 spiro atoms. The van der Waals surface area contributed by atoms with Gasteiger partial charge in [0.15, 0.2) is 0 Å². The summed E-state index contributed by atoms with van der Waals surface area (Å²) in [5.41, 5.74) is 4.71. The van der Waals surface area contributed by atoms with Crippen molar-refractivity contribution < 1.29 is 17.9 Å². The van der Waals surface area contributed by atoms with E-state index < -0.39 is 27.4 Å². The largest absolute Gasteiger partial charge is 0.459 e.